The van der Waals surface area contributed by atoms with Gasteiger partial charge in [-0.2, -0.15) is 0 Å². The molecule has 8 heteroatoms. The standard InChI is InChI=1S/C22H25N3O4S/c1-22(2,3)14-8-9-16-17(12-14)30-21(19(16)20(23)27)24-18(26)10-7-13-5-4-6-15(11-13)25(28)29/h4-7,10-11,14H,8-9,12H2,1-3H3,(H2,23,27)(H,24,26). The van der Waals surface area contributed by atoms with E-state index in [9.17, 15) is 19.7 Å². The molecule has 30 heavy (non-hydrogen) atoms. The Bertz CT molecular complexity index is 1030. The first-order valence-corrected chi connectivity index (χ1v) is 10.6. The van der Waals surface area contributed by atoms with Crippen LogP contribution in [0.5, 0.6) is 0 Å². The van der Waals surface area contributed by atoms with Crippen LogP contribution >= 0.6 is 11.3 Å². The number of anilines is 1. The minimum Gasteiger partial charge on any atom is -0.365 e. The predicted molar refractivity (Wildman–Crippen MR) is 119 cm³/mol. The lowest BCUT2D eigenvalue weighted by Gasteiger charge is -2.33. The summed E-state index contributed by atoms with van der Waals surface area (Å²) in [6.07, 6.45) is 5.40. The monoisotopic (exact) mass is 427 g/mol. The number of nitro groups is 1. The third-order valence-corrected chi connectivity index (χ3v) is 6.65. The van der Waals surface area contributed by atoms with E-state index < -0.39 is 16.7 Å². The lowest BCUT2D eigenvalue weighted by atomic mass is 9.72. The Balaban J connectivity index is 1.80. The van der Waals surface area contributed by atoms with Crippen molar-refractivity contribution in [1.82, 2.24) is 0 Å². The fourth-order valence-corrected chi connectivity index (χ4v) is 5.08. The molecule has 0 fully saturated rings. The second kappa shape index (κ2) is 8.39. The number of carbonyl (C=O) groups excluding carboxylic acids is 2. The van der Waals surface area contributed by atoms with Gasteiger partial charge in [0.25, 0.3) is 11.6 Å². The predicted octanol–water partition coefficient (Wildman–Crippen LogP) is 4.56. The molecule has 1 atom stereocenters. The van der Waals surface area contributed by atoms with E-state index in [1.165, 1.54) is 35.6 Å². The Hall–Kier alpha value is -3.00. The number of non-ortho nitro benzene ring substituents is 1. The molecule has 1 aromatic heterocycles. The Morgan fingerprint density at radius 2 is 2.07 bits per heavy atom. The molecular formula is C22H25N3O4S. The molecule has 0 radical (unpaired) electrons. The first-order valence-electron chi connectivity index (χ1n) is 9.74. The molecule has 3 N–H and O–H groups in total. The van der Waals surface area contributed by atoms with Gasteiger partial charge in [-0.25, -0.2) is 0 Å². The molecule has 0 bridgehead atoms. The number of nitrogens with zero attached hydrogens (tertiary/aromatic N) is 1. The topological polar surface area (TPSA) is 115 Å². The number of rotatable bonds is 5. The highest BCUT2D eigenvalue weighted by molar-refractivity contribution is 7.17. The SMILES string of the molecule is CC(C)(C)C1CCc2c(sc(NC(=O)C=Cc3cccc([N+](=O)[O-])c3)c2C(N)=O)C1. The number of fused-ring (bicyclic) bond motifs is 1. The molecule has 2 aromatic rings. The van der Waals surface area contributed by atoms with E-state index in [4.69, 9.17) is 5.73 Å². The van der Waals surface area contributed by atoms with Crippen LogP contribution in [0.3, 0.4) is 0 Å². The molecule has 0 saturated carbocycles. The maximum Gasteiger partial charge on any atom is 0.270 e. The largest absolute Gasteiger partial charge is 0.365 e. The quantitative estimate of drug-likeness (QED) is 0.413. The van der Waals surface area contributed by atoms with Crippen LogP contribution in [-0.2, 0) is 17.6 Å². The molecule has 7 nitrogen and oxygen atoms in total. The molecule has 1 aromatic carbocycles. The maximum absolute atomic E-state index is 12.4. The molecule has 0 saturated heterocycles. The zero-order valence-electron chi connectivity index (χ0n) is 17.2. The number of nitrogens with one attached hydrogen (secondary N) is 1. The number of carbonyl (C=O) groups is 2. The van der Waals surface area contributed by atoms with Crippen molar-refractivity contribution in [3.63, 3.8) is 0 Å². The average Bonchev–Trinajstić information content (AvgIpc) is 3.03. The van der Waals surface area contributed by atoms with Gasteiger partial charge in [-0.3, -0.25) is 19.7 Å². The van der Waals surface area contributed by atoms with Crippen LogP contribution in [0, 0.1) is 21.4 Å². The summed E-state index contributed by atoms with van der Waals surface area (Å²) >= 11 is 1.41. The van der Waals surface area contributed by atoms with Gasteiger partial charge < -0.3 is 11.1 Å². The van der Waals surface area contributed by atoms with Crippen molar-refractivity contribution < 1.29 is 14.5 Å². The Morgan fingerprint density at radius 3 is 2.70 bits per heavy atom. The van der Waals surface area contributed by atoms with E-state index in [2.05, 4.69) is 26.1 Å². The van der Waals surface area contributed by atoms with Crippen LogP contribution in [0.1, 0.15) is 53.6 Å². The van der Waals surface area contributed by atoms with Crippen LogP contribution in [0.25, 0.3) is 6.08 Å². The van der Waals surface area contributed by atoms with Gasteiger partial charge in [-0.15, -0.1) is 11.3 Å². The van der Waals surface area contributed by atoms with E-state index >= 15 is 0 Å². The lowest BCUT2D eigenvalue weighted by molar-refractivity contribution is -0.384. The van der Waals surface area contributed by atoms with E-state index in [0.29, 0.717) is 22.0 Å². The van der Waals surface area contributed by atoms with Gasteiger partial charge in [0.2, 0.25) is 5.91 Å². The summed E-state index contributed by atoms with van der Waals surface area (Å²) in [5, 5.41) is 14.1. The number of amides is 2. The fraction of sp³-hybridized carbons (Fsp3) is 0.364. The van der Waals surface area contributed by atoms with Crippen LogP contribution in [0.2, 0.25) is 0 Å². The minimum absolute atomic E-state index is 0.0482. The summed E-state index contributed by atoms with van der Waals surface area (Å²) in [7, 11) is 0. The van der Waals surface area contributed by atoms with Crippen molar-refractivity contribution in [2.24, 2.45) is 17.1 Å². The number of thiophene rings is 1. The van der Waals surface area contributed by atoms with Gasteiger partial charge in [0.1, 0.15) is 5.00 Å². The van der Waals surface area contributed by atoms with Crippen LogP contribution < -0.4 is 11.1 Å². The molecule has 158 valence electrons. The number of hydrogen-bond donors (Lipinski definition) is 2. The van der Waals surface area contributed by atoms with Gasteiger partial charge in [-0.05, 0) is 47.8 Å². The zero-order valence-corrected chi connectivity index (χ0v) is 18.0. The second-order valence-electron chi connectivity index (χ2n) is 8.55. The number of nitrogens with two attached hydrogens (primary N) is 1. The third kappa shape index (κ3) is 4.76. The molecule has 0 spiro atoms. The van der Waals surface area contributed by atoms with Crippen LogP contribution in [-0.4, -0.2) is 16.7 Å². The first kappa shape index (κ1) is 21.7. The summed E-state index contributed by atoms with van der Waals surface area (Å²) in [4.78, 5) is 36.0. The summed E-state index contributed by atoms with van der Waals surface area (Å²) < 4.78 is 0. The molecule has 1 aliphatic rings. The maximum atomic E-state index is 12.4. The third-order valence-electron chi connectivity index (χ3n) is 5.48. The molecule has 1 unspecified atom stereocenters. The molecule has 2 amide bonds. The Morgan fingerprint density at radius 1 is 1.33 bits per heavy atom. The zero-order chi connectivity index (χ0) is 22.1. The highest BCUT2D eigenvalue weighted by Gasteiger charge is 2.33. The first-order chi connectivity index (χ1) is 14.1. The van der Waals surface area contributed by atoms with Crippen molar-refractivity contribution in [2.75, 3.05) is 5.32 Å². The minimum atomic E-state index is -0.542. The summed E-state index contributed by atoms with van der Waals surface area (Å²) in [5.41, 5.74) is 7.63. The smallest absolute Gasteiger partial charge is 0.270 e. The molecular weight excluding hydrogens is 402 g/mol. The normalized spacial score (nSPS) is 16.3. The van der Waals surface area contributed by atoms with E-state index in [0.717, 1.165) is 29.7 Å². The van der Waals surface area contributed by atoms with Gasteiger partial charge in [0.05, 0.1) is 10.5 Å². The Kier molecular flexibility index (Phi) is 6.07. The summed E-state index contributed by atoms with van der Waals surface area (Å²) in [5.74, 6) is -0.462. The summed E-state index contributed by atoms with van der Waals surface area (Å²) in [6.45, 7) is 6.64. The van der Waals surface area contributed by atoms with Crippen molar-refractivity contribution in [3.05, 3.63) is 62.0 Å². The highest BCUT2D eigenvalue weighted by atomic mass is 32.1. The second-order valence-corrected chi connectivity index (χ2v) is 9.66. The number of nitro benzene ring substituents is 1. The molecule has 1 aliphatic carbocycles. The fourth-order valence-electron chi connectivity index (χ4n) is 3.74. The van der Waals surface area contributed by atoms with Crippen LogP contribution in [0.4, 0.5) is 10.7 Å². The van der Waals surface area contributed by atoms with Crippen molar-refractivity contribution in [3.8, 4) is 0 Å². The molecule has 0 aliphatic heterocycles. The summed E-state index contributed by atoms with van der Waals surface area (Å²) in [6, 6.07) is 5.99. The van der Waals surface area contributed by atoms with Gasteiger partial charge in [-0.1, -0.05) is 32.9 Å². The van der Waals surface area contributed by atoms with E-state index in [1.807, 2.05) is 0 Å². The highest BCUT2D eigenvalue weighted by Crippen LogP contribution is 2.44. The lowest BCUT2D eigenvalue weighted by Crippen LogP contribution is -2.27. The molecule has 1 heterocycles. The molecule has 3 rings (SSSR count). The van der Waals surface area contributed by atoms with E-state index in [1.54, 1.807) is 12.1 Å². The van der Waals surface area contributed by atoms with Crippen molar-refractivity contribution in [1.29, 1.82) is 0 Å². The van der Waals surface area contributed by atoms with Crippen LogP contribution in [0.15, 0.2) is 30.3 Å². The average molecular weight is 428 g/mol. The van der Waals surface area contributed by atoms with Gasteiger partial charge in [0, 0.05) is 23.1 Å². The Labute approximate surface area is 179 Å². The number of benzene rings is 1. The van der Waals surface area contributed by atoms with Crippen molar-refractivity contribution >= 4 is 39.9 Å². The number of hydrogen-bond acceptors (Lipinski definition) is 5. The van der Waals surface area contributed by atoms with E-state index in [-0.39, 0.29) is 11.1 Å². The number of primary amides is 1. The van der Waals surface area contributed by atoms with Gasteiger partial charge >= 0.3 is 0 Å². The van der Waals surface area contributed by atoms with Gasteiger partial charge in [0.15, 0.2) is 0 Å². The van der Waals surface area contributed by atoms with Crippen molar-refractivity contribution in [2.45, 2.75) is 40.0 Å².